The number of fused-ring (bicyclic) bond motifs is 1. The zero-order chi connectivity index (χ0) is 14.0. The maximum atomic E-state index is 7.42. The van der Waals surface area contributed by atoms with Gasteiger partial charge in [-0.15, -0.1) is 0 Å². The molecule has 4 nitrogen and oxygen atoms in total. The molecule has 0 amide bonds. The molecule has 1 aromatic heterocycles. The molecule has 3 N–H and O–H groups in total. The second-order valence-electron chi connectivity index (χ2n) is 4.99. The average Bonchev–Trinajstić information content (AvgIpc) is 2.36. The molecule has 100 valence electrons. The molecular formula is C15H20N4. The minimum absolute atomic E-state index is 0.183. The molecule has 0 aliphatic rings. The van der Waals surface area contributed by atoms with Gasteiger partial charge in [-0.3, -0.25) is 10.4 Å². The summed E-state index contributed by atoms with van der Waals surface area (Å²) in [5.74, 6) is 0.217. The number of nitrogens with zero attached hydrogens (tertiary/aromatic N) is 2. The lowest BCUT2D eigenvalue weighted by atomic mass is 10.1. The summed E-state index contributed by atoms with van der Waals surface area (Å²) in [7, 11) is 2.04. The van der Waals surface area contributed by atoms with E-state index in [1.165, 1.54) is 0 Å². The molecule has 2 rings (SSSR count). The number of amidine groups is 1. The highest BCUT2D eigenvalue weighted by Crippen LogP contribution is 2.27. The summed E-state index contributed by atoms with van der Waals surface area (Å²) < 4.78 is 0. The van der Waals surface area contributed by atoms with Gasteiger partial charge in [-0.25, -0.2) is 0 Å². The molecule has 0 bridgehead atoms. The second kappa shape index (κ2) is 5.26. The lowest BCUT2D eigenvalue weighted by molar-refractivity contribution is 0.710. The van der Waals surface area contributed by atoms with Crippen LogP contribution in [0.5, 0.6) is 0 Å². The van der Waals surface area contributed by atoms with Gasteiger partial charge in [-0.2, -0.15) is 0 Å². The molecule has 1 heterocycles. The van der Waals surface area contributed by atoms with Gasteiger partial charge in [-0.1, -0.05) is 18.2 Å². The number of aryl methyl sites for hydroxylation is 1. The van der Waals surface area contributed by atoms with Gasteiger partial charge in [0.05, 0.1) is 11.4 Å². The van der Waals surface area contributed by atoms with Gasteiger partial charge in [-0.05, 0) is 26.0 Å². The Labute approximate surface area is 113 Å². The molecule has 0 saturated heterocycles. The van der Waals surface area contributed by atoms with Crippen molar-refractivity contribution in [2.24, 2.45) is 5.73 Å². The zero-order valence-corrected chi connectivity index (χ0v) is 11.6. The number of anilines is 1. The summed E-state index contributed by atoms with van der Waals surface area (Å²) in [6.45, 7) is 4.07. The first kappa shape index (κ1) is 13.3. The SMILES string of the molecule is Cc1cc(N(C)C(C)CC(=N)N)c2ccccc2n1. The number of hydrogen-bond acceptors (Lipinski definition) is 3. The van der Waals surface area contributed by atoms with E-state index in [9.17, 15) is 0 Å². The van der Waals surface area contributed by atoms with E-state index in [-0.39, 0.29) is 11.9 Å². The van der Waals surface area contributed by atoms with Crippen LogP contribution < -0.4 is 10.6 Å². The van der Waals surface area contributed by atoms with Crippen molar-refractivity contribution in [2.45, 2.75) is 26.3 Å². The van der Waals surface area contributed by atoms with Crippen LogP contribution in [-0.4, -0.2) is 23.9 Å². The van der Waals surface area contributed by atoms with Crippen LogP contribution in [0, 0.1) is 12.3 Å². The predicted octanol–water partition coefficient (Wildman–Crippen LogP) is 2.69. The number of benzene rings is 1. The van der Waals surface area contributed by atoms with E-state index in [4.69, 9.17) is 11.1 Å². The molecule has 0 spiro atoms. The van der Waals surface area contributed by atoms with Crippen LogP contribution in [0.4, 0.5) is 5.69 Å². The fraction of sp³-hybridized carbons (Fsp3) is 0.333. The van der Waals surface area contributed by atoms with E-state index < -0.39 is 0 Å². The Balaban J connectivity index is 2.46. The largest absolute Gasteiger partial charge is 0.388 e. The number of nitrogens with one attached hydrogen (secondary N) is 1. The predicted molar refractivity (Wildman–Crippen MR) is 80.9 cm³/mol. The Morgan fingerprint density at radius 1 is 1.42 bits per heavy atom. The fourth-order valence-electron chi connectivity index (χ4n) is 2.27. The summed E-state index contributed by atoms with van der Waals surface area (Å²) in [4.78, 5) is 6.71. The van der Waals surface area contributed by atoms with Crippen molar-refractivity contribution in [3.05, 3.63) is 36.0 Å². The molecule has 1 atom stereocenters. The first-order valence-corrected chi connectivity index (χ1v) is 6.41. The zero-order valence-electron chi connectivity index (χ0n) is 11.6. The Morgan fingerprint density at radius 2 is 2.11 bits per heavy atom. The van der Waals surface area contributed by atoms with E-state index >= 15 is 0 Å². The van der Waals surface area contributed by atoms with Gasteiger partial charge in [0, 0.05) is 36.3 Å². The second-order valence-corrected chi connectivity index (χ2v) is 4.99. The normalized spacial score (nSPS) is 12.4. The van der Waals surface area contributed by atoms with E-state index in [1.807, 2.05) is 32.2 Å². The molecule has 1 aromatic carbocycles. The Morgan fingerprint density at radius 3 is 2.79 bits per heavy atom. The number of rotatable bonds is 4. The average molecular weight is 256 g/mol. The number of para-hydroxylation sites is 1. The molecule has 0 saturated carbocycles. The molecule has 2 aromatic rings. The number of hydrogen-bond donors (Lipinski definition) is 2. The molecule has 0 aliphatic carbocycles. The van der Waals surface area contributed by atoms with Crippen LogP contribution >= 0.6 is 0 Å². The van der Waals surface area contributed by atoms with E-state index in [2.05, 4.69) is 28.9 Å². The molecule has 19 heavy (non-hydrogen) atoms. The van der Waals surface area contributed by atoms with Gasteiger partial charge < -0.3 is 10.6 Å². The molecule has 0 aliphatic heterocycles. The van der Waals surface area contributed by atoms with Crippen LogP contribution in [0.2, 0.25) is 0 Å². The first-order valence-electron chi connectivity index (χ1n) is 6.41. The Kier molecular flexibility index (Phi) is 3.69. The molecule has 0 radical (unpaired) electrons. The van der Waals surface area contributed by atoms with Crippen LogP contribution in [0.1, 0.15) is 19.0 Å². The highest BCUT2D eigenvalue weighted by molar-refractivity contribution is 5.92. The first-order chi connectivity index (χ1) is 8.99. The van der Waals surface area contributed by atoms with Gasteiger partial charge >= 0.3 is 0 Å². The van der Waals surface area contributed by atoms with Gasteiger partial charge in [0.15, 0.2) is 0 Å². The molecule has 4 heteroatoms. The van der Waals surface area contributed by atoms with E-state index in [0.717, 1.165) is 22.3 Å². The van der Waals surface area contributed by atoms with Crippen molar-refractivity contribution in [2.75, 3.05) is 11.9 Å². The third-order valence-electron chi connectivity index (χ3n) is 3.38. The quantitative estimate of drug-likeness (QED) is 0.653. The van der Waals surface area contributed by atoms with Gasteiger partial charge in [0.2, 0.25) is 0 Å². The minimum atomic E-state index is 0.183. The van der Waals surface area contributed by atoms with Crippen LogP contribution in [0.25, 0.3) is 10.9 Å². The third-order valence-corrected chi connectivity index (χ3v) is 3.38. The minimum Gasteiger partial charge on any atom is -0.388 e. The van der Waals surface area contributed by atoms with Crippen LogP contribution in [0.15, 0.2) is 30.3 Å². The summed E-state index contributed by atoms with van der Waals surface area (Å²) in [5.41, 5.74) is 8.63. The van der Waals surface area contributed by atoms with Crippen molar-refractivity contribution in [1.29, 1.82) is 5.41 Å². The van der Waals surface area contributed by atoms with Gasteiger partial charge in [0.25, 0.3) is 0 Å². The van der Waals surface area contributed by atoms with E-state index in [1.54, 1.807) is 0 Å². The van der Waals surface area contributed by atoms with Crippen molar-refractivity contribution in [1.82, 2.24) is 4.98 Å². The summed E-state index contributed by atoms with van der Waals surface area (Å²) >= 11 is 0. The smallest absolute Gasteiger partial charge is 0.0925 e. The lowest BCUT2D eigenvalue weighted by Gasteiger charge is -2.28. The monoisotopic (exact) mass is 256 g/mol. The van der Waals surface area contributed by atoms with Crippen molar-refractivity contribution in [3.63, 3.8) is 0 Å². The Bertz CT molecular complexity index is 606. The topological polar surface area (TPSA) is 66.0 Å². The molecule has 0 fully saturated rings. The maximum Gasteiger partial charge on any atom is 0.0925 e. The lowest BCUT2D eigenvalue weighted by Crippen LogP contribution is -2.33. The highest BCUT2D eigenvalue weighted by Gasteiger charge is 2.14. The Hall–Kier alpha value is -2.10. The number of nitrogens with two attached hydrogens (primary N) is 1. The summed E-state index contributed by atoms with van der Waals surface area (Å²) in [6, 6.07) is 10.4. The summed E-state index contributed by atoms with van der Waals surface area (Å²) in [5, 5.41) is 8.56. The van der Waals surface area contributed by atoms with Crippen molar-refractivity contribution >= 4 is 22.4 Å². The third kappa shape index (κ3) is 2.84. The molecule has 1 unspecified atom stereocenters. The van der Waals surface area contributed by atoms with Crippen LogP contribution in [0.3, 0.4) is 0 Å². The van der Waals surface area contributed by atoms with Crippen molar-refractivity contribution in [3.8, 4) is 0 Å². The van der Waals surface area contributed by atoms with Crippen LogP contribution in [-0.2, 0) is 0 Å². The highest BCUT2D eigenvalue weighted by atomic mass is 15.1. The fourth-order valence-corrected chi connectivity index (χ4v) is 2.27. The number of aromatic nitrogens is 1. The van der Waals surface area contributed by atoms with Crippen molar-refractivity contribution < 1.29 is 0 Å². The maximum absolute atomic E-state index is 7.42. The van der Waals surface area contributed by atoms with Gasteiger partial charge in [0.1, 0.15) is 0 Å². The summed E-state index contributed by atoms with van der Waals surface area (Å²) in [6.07, 6.45) is 0.562. The standard InChI is InChI=1S/C15H20N4/c1-10-8-14(19(3)11(2)9-15(16)17)12-6-4-5-7-13(12)18-10/h4-8,11H,9H2,1-3H3,(H3,16,17). The van der Waals surface area contributed by atoms with E-state index in [0.29, 0.717) is 6.42 Å². The molecular weight excluding hydrogens is 236 g/mol. The number of pyridine rings is 1.